The van der Waals surface area contributed by atoms with Gasteiger partial charge in [-0.1, -0.05) is 26.7 Å². The van der Waals surface area contributed by atoms with E-state index in [-0.39, 0.29) is 0 Å². The first kappa shape index (κ1) is 14.3. The van der Waals surface area contributed by atoms with Crippen molar-refractivity contribution in [2.24, 2.45) is 0 Å². The Labute approximate surface area is 119 Å². The Hall–Kier alpha value is -0.0900. The molecular weight excluding hydrogens is 260 g/mol. The van der Waals surface area contributed by atoms with Crippen LogP contribution in [0.1, 0.15) is 46.0 Å². The molecule has 1 aliphatic heterocycles. The summed E-state index contributed by atoms with van der Waals surface area (Å²) in [7, 11) is 0. The highest BCUT2D eigenvalue weighted by molar-refractivity contribution is 8.21. The van der Waals surface area contributed by atoms with E-state index in [1.165, 1.54) is 37.9 Å². The average molecular weight is 284 g/mol. The maximum atomic E-state index is 4.13. The number of hydrogen-bond donors (Lipinski definition) is 0. The second-order valence-corrected chi connectivity index (χ2v) is 8.37. The van der Waals surface area contributed by atoms with Gasteiger partial charge < -0.3 is 4.57 Å². The smallest absolute Gasteiger partial charge is 0.0945 e. The molecule has 1 fully saturated rings. The van der Waals surface area contributed by atoms with Crippen LogP contribution < -0.4 is 0 Å². The molecule has 0 amide bonds. The standard InChI is InChI=1S/C14H24N2S2/c1-3-5-6-14(17-11-13(4-2)18-14)7-9-16-10-8-15-12-16/h8,10,12-13H,3-7,9,11H2,1-2H3. The third kappa shape index (κ3) is 3.70. The molecule has 0 bridgehead atoms. The van der Waals surface area contributed by atoms with Gasteiger partial charge in [0.2, 0.25) is 0 Å². The molecule has 2 heterocycles. The van der Waals surface area contributed by atoms with Crippen molar-refractivity contribution in [3.8, 4) is 0 Å². The summed E-state index contributed by atoms with van der Waals surface area (Å²) in [5.41, 5.74) is 0. The first-order chi connectivity index (χ1) is 8.78. The van der Waals surface area contributed by atoms with Crippen molar-refractivity contribution in [3.05, 3.63) is 18.7 Å². The van der Waals surface area contributed by atoms with Crippen LogP contribution in [-0.2, 0) is 6.54 Å². The summed E-state index contributed by atoms with van der Waals surface area (Å²) in [6.07, 6.45) is 12.5. The summed E-state index contributed by atoms with van der Waals surface area (Å²) in [5.74, 6) is 1.34. The van der Waals surface area contributed by atoms with E-state index in [2.05, 4.69) is 53.1 Å². The van der Waals surface area contributed by atoms with Gasteiger partial charge in [0.15, 0.2) is 0 Å². The van der Waals surface area contributed by atoms with Crippen molar-refractivity contribution in [1.82, 2.24) is 9.55 Å². The summed E-state index contributed by atoms with van der Waals surface area (Å²) >= 11 is 4.46. The van der Waals surface area contributed by atoms with E-state index >= 15 is 0 Å². The first-order valence-corrected chi connectivity index (χ1v) is 8.92. The molecule has 2 atom stereocenters. The minimum Gasteiger partial charge on any atom is -0.337 e. The maximum absolute atomic E-state index is 4.13. The fourth-order valence-electron chi connectivity index (χ4n) is 2.37. The highest BCUT2D eigenvalue weighted by atomic mass is 32.2. The number of nitrogens with zero attached hydrogens (tertiary/aromatic N) is 2. The Bertz CT molecular complexity index is 340. The van der Waals surface area contributed by atoms with Crippen LogP contribution in [0.2, 0.25) is 0 Å². The molecule has 0 aliphatic carbocycles. The molecular formula is C14H24N2S2. The molecule has 0 aromatic carbocycles. The van der Waals surface area contributed by atoms with E-state index in [1.54, 1.807) is 0 Å². The minimum absolute atomic E-state index is 0.473. The van der Waals surface area contributed by atoms with Gasteiger partial charge >= 0.3 is 0 Å². The molecule has 18 heavy (non-hydrogen) atoms. The van der Waals surface area contributed by atoms with Crippen molar-refractivity contribution in [1.29, 1.82) is 0 Å². The van der Waals surface area contributed by atoms with E-state index in [0.29, 0.717) is 4.08 Å². The van der Waals surface area contributed by atoms with E-state index in [9.17, 15) is 0 Å². The predicted octanol–water partition coefficient (Wildman–Crippen LogP) is 4.42. The fourth-order valence-corrected chi connectivity index (χ4v) is 6.23. The molecule has 1 aromatic rings. The van der Waals surface area contributed by atoms with E-state index < -0.39 is 0 Å². The van der Waals surface area contributed by atoms with Crippen LogP contribution in [0, 0.1) is 0 Å². The van der Waals surface area contributed by atoms with Crippen molar-refractivity contribution >= 4 is 23.5 Å². The molecule has 0 radical (unpaired) electrons. The summed E-state index contributed by atoms with van der Waals surface area (Å²) < 4.78 is 2.69. The summed E-state index contributed by atoms with van der Waals surface area (Å²) in [4.78, 5) is 4.13. The van der Waals surface area contributed by atoms with Crippen LogP contribution in [0.15, 0.2) is 18.7 Å². The SMILES string of the molecule is CCCCC1(CCn2ccnc2)SCC(CC)S1. The van der Waals surface area contributed by atoms with Gasteiger partial charge in [0.05, 0.1) is 10.4 Å². The van der Waals surface area contributed by atoms with E-state index in [4.69, 9.17) is 0 Å². The lowest BCUT2D eigenvalue weighted by Gasteiger charge is -2.28. The monoisotopic (exact) mass is 284 g/mol. The second-order valence-electron chi connectivity index (χ2n) is 5.02. The molecule has 1 aliphatic rings. The molecule has 0 saturated carbocycles. The second kappa shape index (κ2) is 6.90. The van der Waals surface area contributed by atoms with Crippen LogP contribution in [0.5, 0.6) is 0 Å². The van der Waals surface area contributed by atoms with Gasteiger partial charge in [0.1, 0.15) is 0 Å². The van der Waals surface area contributed by atoms with Crippen LogP contribution in [0.3, 0.4) is 0 Å². The number of imidazole rings is 1. The molecule has 2 nitrogen and oxygen atoms in total. The summed E-state index contributed by atoms with van der Waals surface area (Å²) in [6.45, 7) is 5.73. The molecule has 2 unspecified atom stereocenters. The molecule has 1 aromatic heterocycles. The zero-order valence-corrected chi connectivity index (χ0v) is 13.1. The lowest BCUT2D eigenvalue weighted by molar-refractivity contribution is 0.555. The van der Waals surface area contributed by atoms with Crippen LogP contribution in [-0.4, -0.2) is 24.6 Å². The van der Waals surface area contributed by atoms with E-state index in [1.807, 2.05) is 12.5 Å². The zero-order chi connectivity index (χ0) is 12.8. The van der Waals surface area contributed by atoms with Gasteiger partial charge in [-0.3, -0.25) is 0 Å². The zero-order valence-electron chi connectivity index (χ0n) is 11.5. The number of hydrogen-bond acceptors (Lipinski definition) is 3. The van der Waals surface area contributed by atoms with Crippen LogP contribution >= 0.6 is 23.5 Å². The number of unbranched alkanes of at least 4 members (excludes halogenated alkanes) is 1. The summed E-state index contributed by atoms with van der Waals surface area (Å²) in [5, 5.41) is 0.870. The van der Waals surface area contributed by atoms with Crippen LogP contribution in [0.25, 0.3) is 0 Å². The Balaban J connectivity index is 1.92. The predicted molar refractivity (Wildman–Crippen MR) is 83.2 cm³/mol. The van der Waals surface area contributed by atoms with Gasteiger partial charge in [-0.15, -0.1) is 23.5 Å². The van der Waals surface area contributed by atoms with Crippen molar-refractivity contribution in [2.75, 3.05) is 5.75 Å². The third-order valence-electron chi connectivity index (χ3n) is 3.59. The number of rotatable bonds is 7. The van der Waals surface area contributed by atoms with Crippen molar-refractivity contribution in [3.63, 3.8) is 0 Å². The molecule has 4 heteroatoms. The molecule has 2 rings (SSSR count). The normalized spacial score (nSPS) is 27.8. The number of aromatic nitrogens is 2. The molecule has 0 N–H and O–H groups in total. The number of aryl methyl sites for hydroxylation is 1. The summed E-state index contributed by atoms with van der Waals surface area (Å²) in [6, 6.07) is 0. The van der Waals surface area contributed by atoms with E-state index in [0.717, 1.165) is 11.8 Å². The fraction of sp³-hybridized carbons (Fsp3) is 0.786. The minimum atomic E-state index is 0.473. The van der Waals surface area contributed by atoms with Gasteiger partial charge in [-0.05, 0) is 19.3 Å². The Morgan fingerprint density at radius 1 is 1.39 bits per heavy atom. The largest absolute Gasteiger partial charge is 0.337 e. The quantitative estimate of drug-likeness (QED) is 0.738. The highest BCUT2D eigenvalue weighted by Crippen LogP contribution is 2.54. The van der Waals surface area contributed by atoms with Gasteiger partial charge in [-0.25, -0.2) is 4.98 Å². The Morgan fingerprint density at radius 3 is 2.89 bits per heavy atom. The first-order valence-electron chi connectivity index (χ1n) is 7.05. The maximum Gasteiger partial charge on any atom is 0.0945 e. The third-order valence-corrected chi connectivity index (χ3v) is 7.62. The van der Waals surface area contributed by atoms with Gasteiger partial charge in [-0.2, -0.15) is 0 Å². The Kier molecular flexibility index (Phi) is 5.49. The molecule has 0 spiro atoms. The highest BCUT2D eigenvalue weighted by Gasteiger charge is 2.39. The number of thioether (sulfide) groups is 2. The lowest BCUT2D eigenvalue weighted by Crippen LogP contribution is -2.20. The molecule has 102 valence electrons. The van der Waals surface area contributed by atoms with Crippen molar-refractivity contribution in [2.45, 2.75) is 61.8 Å². The van der Waals surface area contributed by atoms with Crippen molar-refractivity contribution < 1.29 is 0 Å². The van der Waals surface area contributed by atoms with Gasteiger partial charge in [0, 0.05) is 29.9 Å². The van der Waals surface area contributed by atoms with Gasteiger partial charge in [0.25, 0.3) is 0 Å². The average Bonchev–Trinajstić information content (AvgIpc) is 3.04. The molecule has 1 saturated heterocycles. The van der Waals surface area contributed by atoms with Crippen LogP contribution in [0.4, 0.5) is 0 Å². The Morgan fingerprint density at radius 2 is 2.28 bits per heavy atom. The topological polar surface area (TPSA) is 17.8 Å². The lowest BCUT2D eigenvalue weighted by atomic mass is 10.1.